The van der Waals surface area contributed by atoms with Crippen molar-refractivity contribution in [2.24, 2.45) is 4.99 Å². The monoisotopic (exact) mass is 217 g/mol. The minimum atomic E-state index is -0.600. The van der Waals surface area contributed by atoms with Crippen molar-refractivity contribution in [3.63, 3.8) is 0 Å². The summed E-state index contributed by atoms with van der Waals surface area (Å²) in [6.07, 6.45) is 4.06. The summed E-state index contributed by atoms with van der Waals surface area (Å²) in [6.45, 7) is 5.54. The van der Waals surface area contributed by atoms with Crippen LogP contribution in [0, 0.1) is 0 Å². The van der Waals surface area contributed by atoms with E-state index in [1.165, 1.54) is 6.08 Å². The quantitative estimate of drug-likeness (QED) is 0.246. The smallest absolute Gasteiger partial charge is 0.234 e. The second kappa shape index (κ2) is 10.6. The highest BCUT2D eigenvalue weighted by molar-refractivity contribution is 6.36. The Hall–Kier alpha value is -0.483. The first-order valence-electron chi connectivity index (χ1n) is 5.12. The molecule has 0 aliphatic carbocycles. The second-order valence-corrected chi connectivity index (χ2v) is 4.62. The minimum Gasteiger partial charge on any atom is -0.357 e. The van der Waals surface area contributed by atoms with Crippen LogP contribution < -0.4 is 0 Å². The Morgan fingerprint density at radius 2 is 1.86 bits per heavy atom. The van der Waals surface area contributed by atoms with E-state index in [-0.39, 0.29) is 5.91 Å². The van der Waals surface area contributed by atoms with Crippen LogP contribution in [0.1, 0.15) is 26.7 Å². The van der Waals surface area contributed by atoms with E-state index in [1.54, 1.807) is 0 Å². The Bertz CT molecular complexity index is 163. The maximum Gasteiger partial charge on any atom is 0.234 e. The molecule has 0 rings (SSSR count). The van der Waals surface area contributed by atoms with Crippen LogP contribution in [0.15, 0.2) is 4.99 Å². The molecule has 0 aliphatic heterocycles. The van der Waals surface area contributed by atoms with E-state index in [9.17, 15) is 4.79 Å². The van der Waals surface area contributed by atoms with Gasteiger partial charge in [0.05, 0.1) is 0 Å². The van der Waals surface area contributed by atoms with Crippen LogP contribution >= 0.6 is 0 Å². The first-order valence-corrected chi connectivity index (χ1v) is 6.93. The molecule has 0 atom stereocenters. The number of aliphatic imine (C=N–C) groups is 1. The van der Waals surface area contributed by atoms with Crippen LogP contribution in [0.5, 0.6) is 0 Å². The lowest BCUT2D eigenvalue weighted by atomic mass is 10.5. The van der Waals surface area contributed by atoms with Crippen molar-refractivity contribution in [1.29, 1.82) is 0 Å². The summed E-state index contributed by atoms with van der Waals surface area (Å²) < 4.78 is 11.0. The summed E-state index contributed by atoms with van der Waals surface area (Å²) in [4.78, 5) is 13.4. The fourth-order valence-electron chi connectivity index (χ4n) is 0.929. The molecule has 0 unspecified atom stereocenters. The Balaban J connectivity index is 3.65. The molecule has 14 heavy (non-hydrogen) atoms. The fraction of sp³-hybridized carbons (Fsp3) is 0.889. The summed E-state index contributed by atoms with van der Waals surface area (Å²) in [5.74, 6) is -0.0907. The highest BCUT2D eigenvalue weighted by Gasteiger charge is 2.08. The summed E-state index contributed by atoms with van der Waals surface area (Å²) >= 11 is 0. The maximum atomic E-state index is 9.86. The number of hydrogen-bond donors (Lipinski definition) is 0. The van der Waals surface area contributed by atoms with Gasteiger partial charge in [-0.25, -0.2) is 9.79 Å². The van der Waals surface area contributed by atoms with Gasteiger partial charge in [0, 0.05) is 19.4 Å². The third kappa shape index (κ3) is 8.13. The summed E-state index contributed by atoms with van der Waals surface area (Å²) in [6, 6.07) is 0. The van der Waals surface area contributed by atoms with Gasteiger partial charge >= 0.3 is 0 Å². The van der Waals surface area contributed by atoms with E-state index < -0.39 is 9.52 Å². The fourth-order valence-corrected chi connectivity index (χ4v) is 2.03. The molecule has 0 N–H and O–H groups in total. The van der Waals surface area contributed by atoms with Gasteiger partial charge in [-0.1, -0.05) is 13.8 Å². The topological polar surface area (TPSA) is 47.9 Å². The summed E-state index contributed by atoms with van der Waals surface area (Å²) in [7, 11) is -0.600. The Morgan fingerprint density at radius 1 is 1.29 bits per heavy atom. The van der Waals surface area contributed by atoms with Gasteiger partial charge in [0.15, 0.2) is 0 Å². The Kier molecular flexibility index (Phi) is 10.2. The molecule has 0 heterocycles. The predicted octanol–water partition coefficient (Wildman–Crippen LogP) is 0.585. The van der Waals surface area contributed by atoms with Crippen molar-refractivity contribution in [2.75, 3.05) is 19.4 Å². The zero-order chi connectivity index (χ0) is 10.6. The molecule has 0 fully saturated rings. The van der Waals surface area contributed by atoms with Crippen LogP contribution in [0.25, 0.3) is 0 Å². The molecule has 0 aromatic rings. The van der Waals surface area contributed by atoms with Gasteiger partial charge in [-0.3, -0.25) is 0 Å². The largest absolute Gasteiger partial charge is 0.357 e. The van der Waals surface area contributed by atoms with Crippen molar-refractivity contribution >= 4 is 15.6 Å². The average Bonchev–Trinajstić information content (AvgIpc) is 2.21. The minimum absolute atomic E-state index is 0.0907. The standard InChI is InChI=1S/C9H19NO3Si/c1-3-5-12-9(13-6-4-2)14-8-10-7-11/h9H,3-6,8,14H2,1-2H3. The molecule has 4 nitrogen and oxygen atoms in total. The molecular weight excluding hydrogens is 198 g/mol. The number of hydrogen-bond acceptors (Lipinski definition) is 4. The summed E-state index contributed by atoms with van der Waals surface area (Å²) in [5.41, 5.74) is 0. The van der Waals surface area contributed by atoms with E-state index in [4.69, 9.17) is 9.47 Å². The highest BCUT2D eigenvalue weighted by atomic mass is 28.2. The summed E-state index contributed by atoms with van der Waals surface area (Å²) in [5, 5.41) is 0. The number of ether oxygens (including phenoxy) is 2. The first-order chi connectivity index (χ1) is 6.85. The van der Waals surface area contributed by atoms with E-state index in [0.29, 0.717) is 19.4 Å². The third-order valence-electron chi connectivity index (χ3n) is 1.56. The lowest BCUT2D eigenvalue weighted by Crippen LogP contribution is -2.27. The lowest BCUT2D eigenvalue weighted by molar-refractivity contribution is -0.0903. The molecule has 0 radical (unpaired) electrons. The van der Waals surface area contributed by atoms with E-state index in [0.717, 1.165) is 12.8 Å². The van der Waals surface area contributed by atoms with Crippen LogP contribution in [0.2, 0.25) is 0 Å². The van der Waals surface area contributed by atoms with Gasteiger partial charge in [0.2, 0.25) is 6.08 Å². The van der Waals surface area contributed by atoms with Crippen LogP contribution in [0.3, 0.4) is 0 Å². The first kappa shape index (κ1) is 13.5. The van der Waals surface area contributed by atoms with E-state index in [1.807, 2.05) is 0 Å². The zero-order valence-electron chi connectivity index (χ0n) is 8.99. The van der Waals surface area contributed by atoms with Gasteiger partial charge in [0.1, 0.15) is 15.4 Å². The molecule has 82 valence electrons. The Labute approximate surface area is 87.5 Å². The zero-order valence-corrected chi connectivity index (χ0v) is 10.4. The number of rotatable bonds is 9. The third-order valence-corrected chi connectivity index (χ3v) is 2.98. The predicted molar refractivity (Wildman–Crippen MR) is 57.8 cm³/mol. The maximum absolute atomic E-state index is 9.86. The molecule has 0 spiro atoms. The molecule has 0 saturated carbocycles. The average molecular weight is 217 g/mol. The van der Waals surface area contributed by atoms with Crippen molar-refractivity contribution in [2.45, 2.75) is 32.6 Å². The van der Waals surface area contributed by atoms with Crippen LogP contribution in [-0.4, -0.2) is 40.9 Å². The normalized spacial score (nSPS) is 11.1. The molecule has 0 aromatic carbocycles. The van der Waals surface area contributed by atoms with Crippen molar-refractivity contribution in [3.8, 4) is 0 Å². The SMILES string of the molecule is CCCOC(OCCC)[SiH2]CN=C=O. The molecule has 0 aromatic heterocycles. The lowest BCUT2D eigenvalue weighted by Gasteiger charge is -2.16. The van der Waals surface area contributed by atoms with E-state index in [2.05, 4.69) is 18.8 Å². The number of carbonyl (C=O) groups excluding carboxylic acids is 1. The van der Waals surface area contributed by atoms with Crippen molar-refractivity contribution in [1.82, 2.24) is 0 Å². The molecule has 0 bridgehead atoms. The van der Waals surface area contributed by atoms with Crippen molar-refractivity contribution < 1.29 is 14.3 Å². The highest BCUT2D eigenvalue weighted by Crippen LogP contribution is 1.96. The molecule has 0 amide bonds. The second-order valence-electron chi connectivity index (χ2n) is 2.93. The van der Waals surface area contributed by atoms with Gasteiger partial charge in [0.25, 0.3) is 0 Å². The van der Waals surface area contributed by atoms with Gasteiger partial charge in [-0.05, 0) is 12.8 Å². The van der Waals surface area contributed by atoms with Crippen LogP contribution in [0.4, 0.5) is 0 Å². The molecule has 0 aliphatic rings. The number of nitrogens with zero attached hydrogens (tertiary/aromatic N) is 1. The van der Waals surface area contributed by atoms with Crippen molar-refractivity contribution in [3.05, 3.63) is 0 Å². The van der Waals surface area contributed by atoms with E-state index >= 15 is 0 Å². The molecular formula is C9H19NO3Si. The van der Waals surface area contributed by atoms with Crippen LogP contribution in [-0.2, 0) is 14.3 Å². The number of isocyanates is 1. The van der Waals surface area contributed by atoms with Gasteiger partial charge in [-0.2, -0.15) is 0 Å². The Morgan fingerprint density at radius 3 is 2.29 bits per heavy atom. The van der Waals surface area contributed by atoms with Gasteiger partial charge in [-0.15, -0.1) is 0 Å². The van der Waals surface area contributed by atoms with Gasteiger partial charge < -0.3 is 9.47 Å². The molecule has 5 heteroatoms. The molecule has 0 saturated heterocycles.